The Morgan fingerprint density at radius 2 is 1.95 bits per heavy atom. The smallest absolute Gasteiger partial charge is 0.326 e. The minimum absolute atomic E-state index is 0.0467. The summed E-state index contributed by atoms with van der Waals surface area (Å²) >= 11 is 0. The van der Waals surface area contributed by atoms with E-state index in [9.17, 15) is 19.5 Å². The van der Waals surface area contributed by atoms with E-state index >= 15 is 0 Å². The van der Waals surface area contributed by atoms with Gasteiger partial charge in [0.1, 0.15) is 6.04 Å². The molecule has 1 heterocycles. The topological polar surface area (TPSA) is 142 Å². The van der Waals surface area contributed by atoms with Gasteiger partial charge in [0.2, 0.25) is 5.91 Å². The second-order valence-corrected chi connectivity index (χ2v) is 5.20. The molecular formula is C12H21N3O6. The summed E-state index contributed by atoms with van der Waals surface area (Å²) in [6, 6.07) is -2.08. The van der Waals surface area contributed by atoms with Crippen LogP contribution in [0.25, 0.3) is 0 Å². The first-order valence-corrected chi connectivity index (χ1v) is 6.56. The van der Waals surface area contributed by atoms with Crippen LogP contribution in [0, 0.1) is 0 Å². The molecule has 1 rings (SSSR count). The Balaban J connectivity index is 2.56. The molecule has 0 saturated carbocycles. The van der Waals surface area contributed by atoms with Crippen molar-refractivity contribution < 1.29 is 29.3 Å². The Kier molecular flexibility index (Phi) is 5.91. The number of carboxylic acids is 1. The molecule has 5 N–H and O–H groups in total. The number of hydrogen-bond acceptors (Lipinski definition) is 5. The summed E-state index contributed by atoms with van der Waals surface area (Å²) in [6.45, 7) is 0.863. The Hall–Kier alpha value is -1.87. The second kappa shape index (κ2) is 7.23. The van der Waals surface area contributed by atoms with Gasteiger partial charge in [0.15, 0.2) is 0 Å². The van der Waals surface area contributed by atoms with Crippen molar-refractivity contribution in [3.8, 4) is 0 Å². The summed E-state index contributed by atoms with van der Waals surface area (Å²) in [5, 5.41) is 21.4. The first-order valence-electron chi connectivity index (χ1n) is 6.56. The standard InChI is InChI=1S/C12H21N3O6/c1-15(7-12(20)2-4-21-5-3-12)11(19)14-8(10(17)18)6-9(13)16/h8,20H,2-7H2,1H3,(H2,13,16)(H,14,19)(H,17,18)/t8-/m0/s1. The van der Waals surface area contributed by atoms with Crippen LogP contribution in [-0.4, -0.2) is 71.5 Å². The number of nitrogens with two attached hydrogens (primary N) is 1. The quantitative estimate of drug-likeness (QED) is 0.470. The van der Waals surface area contributed by atoms with E-state index in [2.05, 4.69) is 5.32 Å². The number of carbonyl (C=O) groups is 3. The Labute approximate surface area is 122 Å². The molecule has 1 fully saturated rings. The van der Waals surface area contributed by atoms with Gasteiger partial charge in [-0.2, -0.15) is 0 Å². The van der Waals surface area contributed by atoms with Gasteiger partial charge in [-0.25, -0.2) is 9.59 Å². The highest BCUT2D eigenvalue weighted by molar-refractivity contribution is 5.87. The number of primary amides is 1. The molecule has 1 aliphatic rings. The van der Waals surface area contributed by atoms with E-state index in [1.54, 1.807) is 0 Å². The molecule has 1 saturated heterocycles. The zero-order valence-corrected chi connectivity index (χ0v) is 11.9. The molecule has 9 nitrogen and oxygen atoms in total. The molecule has 21 heavy (non-hydrogen) atoms. The fourth-order valence-corrected chi connectivity index (χ4v) is 2.08. The Morgan fingerprint density at radius 3 is 2.43 bits per heavy atom. The van der Waals surface area contributed by atoms with Gasteiger partial charge in [0, 0.05) is 33.1 Å². The highest BCUT2D eigenvalue weighted by atomic mass is 16.5. The molecule has 0 radical (unpaired) electrons. The van der Waals surface area contributed by atoms with Gasteiger partial charge in [-0.05, 0) is 0 Å². The molecule has 0 aromatic heterocycles. The largest absolute Gasteiger partial charge is 0.480 e. The molecule has 0 unspecified atom stereocenters. The maximum absolute atomic E-state index is 11.9. The van der Waals surface area contributed by atoms with Crippen LogP contribution < -0.4 is 11.1 Å². The van der Waals surface area contributed by atoms with E-state index in [1.165, 1.54) is 11.9 Å². The van der Waals surface area contributed by atoms with Crippen molar-refractivity contribution >= 4 is 17.9 Å². The number of likely N-dealkylation sites (N-methyl/N-ethyl adjacent to an activating group) is 1. The van der Waals surface area contributed by atoms with Gasteiger partial charge in [0.25, 0.3) is 0 Å². The zero-order chi connectivity index (χ0) is 16.0. The minimum atomic E-state index is -1.39. The van der Waals surface area contributed by atoms with Crippen LogP contribution >= 0.6 is 0 Å². The summed E-state index contributed by atoms with van der Waals surface area (Å²) < 4.78 is 5.14. The molecule has 0 aromatic carbocycles. The highest BCUT2D eigenvalue weighted by Gasteiger charge is 2.33. The average Bonchev–Trinajstić information content (AvgIpc) is 2.37. The van der Waals surface area contributed by atoms with Gasteiger partial charge in [-0.1, -0.05) is 0 Å². The number of ether oxygens (including phenoxy) is 1. The molecule has 1 aliphatic heterocycles. The van der Waals surface area contributed by atoms with Crippen molar-refractivity contribution in [2.45, 2.75) is 30.9 Å². The van der Waals surface area contributed by atoms with Crippen molar-refractivity contribution in [1.82, 2.24) is 10.2 Å². The van der Waals surface area contributed by atoms with Crippen LogP contribution in [0.15, 0.2) is 0 Å². The maximum Gasteiger partial charge on any atom is 0.326 e. The molecule has 1 atom stereocenters. The zero-order valence-electron chi connectivity index (χ0n) is 11.9. The Bertz CT molecular complexity index is 408. The van der Waals surface area contributed by atoms with Gasteiger partial charge >= 0.3 is 12.0 Å². The average molecular weight is 303 g/mol. The SMILES string of the molecule is CN(CC1(O)CCOCC1)C(=O)N[C@@H](CC(N)=O)C(=O)O. The fourth-order valence-electron chi connectivity index (χ4n) is 2.08. The lowest BCUT2D eigenvalue weighted by Crippen LogP contribution is -2.53. The molecular weight excluding hydrogens is 282 g/mol. The second-order valence-electron chi connectivity index (χ2n) is 5.20. The van der Waals surface area contributed by atoms with E-state index < -0.39 is 36.0 Å². The summed E-state index contributed by atoms with van der Waals surface area (Å²) in [7, 11) is 1.44. The lowest BCUT2D eigenvalue weighted by molar-refractivity contribution is -0.141. The summed E-state index contributed by atoms with van der Waals surface area (Å²) in [4.78, 5) is 34.8. The lowest BCUT2D eigenvalue weighted by Gasteiger charge is -2.35. The van der Waals surface area contributed by atoms with E-state index in [1.807, 2.05) is 0 Å². The number of amides is 3. The molecule has 0 bridgehead atoms. The molecule has 120 valence electrons. The van der Waals surface area contributed by atoms with Crippen molar-refractivity contribution in [3.63, 3.8) is 0 Å². The first-order chi connectivity index (χ1) is 9.73. The van der Waals surface area contributed by atoms with Gasteiger partial charge in [-0.3, -0.25) is 4.79 Å². The highest BCUT2D eigenvalue weighted by Crippen LogP contribution is 2.21. The third-order valence-electron chi connectivity index (χ3n) is 3.30. The van der Waals surface area contributed by atoms with Crippen LogP contribution in [0.5, 0.6) is 0 Å². The lowest BCUT2D eigenvalue weighted by atomic mass is 9.94. The minimum Gasteiger partial charge on any atom is -0.480 e. The van der Waals surface area contributed by atoms with E-state index in [4.69, 9.17) is 15.6 Å². The van der Waals surface area contributed by atoms with Crippen molar-refractivity contribution in [1.29, 1.82) is 0 Å². The normalized spacial score (nSPS) is 18.6. The van der Waals surface area contributed by atoms with Crippen LogP contribution in [0.4, 0.5) is 4.79 Å². The first kappa shape index (κ1) is 17.2. The number of hydrogen-bond donors (Lipinski definition) is 4. The van der Waals surface area contributed by atoms with E-state index in [0.717, 1.165) is 0 Å². The van der Waals surface area contributed by atoms with Crippen LogP contribution in [-0.2, 0) is 14.3 Å². The van der Waals surface area contributed by atoms with Gasteiger partial charge < -0.3 is 30.9 Å². The molecule has 9 heteroatoms. The molecule has 0 spiro atoms. The van der Waals surface area contributed by atoms with Crippen LogP contribution in [0.1, 0.15) is 19.3 Å². The number of carboxylic acid groups (broad SMARTS) is 1. The predicted octanol–water partition coefficient (Wildman–Crippen LogP) is -1.50. The summed E-state index contributed by atoms with van der Waals surface area (Å²) in [5.74, 6) is -2.17. The van der Waals surface area contributed by atoms with Gasteiger partial charge in [-0.15, -0.1) is 0 Å². The van der Waals surface area contributed by atoms with Crippen LogP contribution in [0.2, 0.25) is 0 Å². The number of aliphatic hydroxyl groups is 1. The maximum atomic E-state index is 11.9. The Morgan fingerprint density at radius 1 is 1.38 bits per heavy atom. The summed E-state index contributed by atoms with van der Waals surface area (Å²) in [5.41, 5.74) is 3.88. The number of rotatable bonds is 6. The van der Waals surface area contributed by atoms with E-state index in [0.29, 0.717) is 26.1 Å². The van der Waals surface area contributed by atoms with Crippen molar-refractivity contribution in [2.75, 3.05) is 26.8 Å². The molecule has 0 aliphatic carbocycles. The van der Waals surface area contributed by atoms with Gasteiger partial charge in [0.05, 0.1) is 18.6 Å². The fraction of sp³-hybridized carbons (Fsp3) is 0.750. The summed E-state index contributed by atoms with van der Waals surface area (Å²) in [6.07, 6.45) is 0.301. The number of nitrogens with one attached hydrogen (secondary N) is 1. The molecule has 3 amide bonds. The van der Waals surface area contributed by atoms with Crippen LogP contribution in [0.3, 0.4) is 0 Å². The third kappa shape index (κ3) is 5.56. The van der Waals surface area contributed by atoms with Crippen molar-refractivity contribution in [2.24, 2.45) is 5.73 Å². The number of nitrogens with zero attached hydrogens (tertiary/aromatic N) is 1. The van der Waals surface area contributed by atoms with Crippen molar-refractivity contribution in [3.05, 3.63) is 0 Å². The molecule has 0 aromatic rings. The predicted molar refractivity (Wildman–Crippen MR) is 71.4 cm³/mol. The third-order valence-corrected chi connectivity index (χ3v) is 3.30. The number of carbonyl (C=O) groups excluding carboxylic acids is 2. The number of urea groups is 1. The monoisotopic (exact) mass is 303 g/mol. The number of aliphatic carboxylic acids is 1. The van der Waals surface area contributed by atoms with E-state index in [-0.39, 0.29) is 6.54 Å².